The SMILES string of the molecule is O=C(CCCCO)c1ccc(C(F)(F)F)cc1. The highest BCUT2D eigenvalue weighted by Crippen LogP contribution is 2.29. The number of benzene rings is 1. The Morgan fingerprint density at radius 1 is 1.12 bits per heavy atom. The Hall–Kier alpha value is -1.36. The Balaban J connectivity index is 2.64. The molecular weight excluding hydrogens is 233 g/mol. The maximum Gasteiger partial charge on any atom is 0.416 e. The van der Waals surface area contributed by atoms with Crippen LogP contribution in [0.1, 0.15) is 35.2 Å². The maximum absolute atomic E-state index is 12.3. The summed E-state index contributed by atoms with van der Waals surface area (Å²) >= 11 is 0. The number of halogens is 3. The molecule has 1 rings (SSSR count). The average Bonchev–Trinajstić information content (AvgIpc) is 2.28. The quantitative estimate of drug-likeness (QED) is 0.640. The fourth-order valence-electron chi connectivity index (χ4n) is 1.39. The van der Waals surface area contributed by atoms with Gasteiger partial charge in [0.1, 0.15) is 0 Å². The number of carbonyl (C=O) groups is 1. The van der Waals surface area contributed by atoms with Gasteiger partial charge in [0.05, 0.1) is 5.56 Å². The van der Waals surface area contributed by atoms with Gasteiger partial charge in [-0.15, -0.1) is 0 Å². The van der Waals surface area contributed by atoms with Gasteiger partial charge in [0, 0.05) is 18.6 Å². The number of hydrogen-bond acceptors (Lipinski definition) is 2. The van der Waals surface area contributed by atoms with Gasteiger partial charge >= 0.3 is 6.18 Å². The van der Waals surface area contributed by atoms with E-state index in [1.165, 1.54) is 12.1 Å². The molecule has 0 unspecified atom stereocenters. The largest absolute Gasteiger partial charge is 0.416 e. The number of carbonyl (C=O) groups excluding carboxylic acids is 1. The molecule has 0 atom stereocenters. The smallest absolute Gasteiger partial charge is 0.396 e. The summed E-state index contributed by atoms with van der Waals surface area (Å²) in [5.41, 5.74) is -0.486. The molecule has 0 aliphatic rings. The molecule has 0 aliphatic carbocycles. The van der Waals surface area contributed by atoms with Gasteiger partial charge in [0.2, 0.25) is 0 Å². The van der Waals surface area contributed by atoms with E-state index in [0.717, 1.165) is 12.1 Å². The van der Waals surface area contributed by atoms with Crippen molar-refractivity contribution in [3.63, 3.8) is 0 Å². The summed E-state index contributed by atoms with van der Waals surface area (Å²) in [5.74, 6) is -0.202. The fourth-order valence-corrected chi connectivity index (χ4v) is 1.39. The van der Waals surface area contributed by atoms with Crippen LogP contribution in [0.5, 0.6) is 0 Å². The lowest BCUT2D eigenvalue weighted by Crippen LogP contribution is -2.06. The molecular formula is C12H13F3O2. The highest BCUT2D eigenvalue weighted by atomic mass is 19.4. The monoisotopic (exact) mass is 246 g/mol. The lowest BCUT2D eigenvalue weighted by Gasteiger charge is -2.07. The van der Waals surface area contributed by atoms with Crippen molar-refractivity contribution in [3.8, 4) is 0 Å². The molecule has 0 radical (unpaired) electrons. The van der Waals surface area contributed by atoms with Crippen LogP contribution in [-0.2, 0) is 6.18 Å². The van der Waals surface area contributed by atoms with E-state index in [1.54, 1.807) is 0 Å². The van der Waals surface area contributed by atoms with Crippen molar-refractivity contribution in [2.45, 2.75) is 25.4 Å². The van der Waals surface area contributed by atoms with Crippen LogP contribution < -0.4 is 0 Å². The van der Waals surface area contributed by atoms with Crippen LogP contribution in [0.3, 0.4) is 0 Å². The van der Waals surface area contributed by atoms with Crippen molar-refractivity contribution in [3.05, 3.63) is 35.4 Å². The molecule has 0 saturated heterocycles. The minimum Gasteiger partial charge on any atom is -0.396 e. The first kappa shape index (κ1) is 13.7. The second kappa shape index (κ2) is 5.82. The number of Topliss-reactive ketones (excluding diaryl/α,β-unsaturated/α-hetero) is 1. The summed E-state index contributed by atoms with van der Waals surface area (Å²) < 4.78 is 36.8. The van der Waals surface area contributed by atoms with Gasteiger partial charge < -0.3 is 5.11 Å². The van der Waals surface area contributed by atoms with E-state index in [0.29, 0.717) is 12.8 Å². The first-order valence-electron chi connectivity index (χ1n) is 5.26. The number of aliphatic hydroxyl groups is 1. The predicted molar refractivity (Wildman–Crippen MR) is 56.7 cm³/mol. The molecule has 0 fully saturated rings. The van der Waals surface area contributed by atoms with Crippen molar-refractivity contribution in [2.24, 2.45) is 0 Å². The Kier molecular flexibility index (Phi) is 4.69. The van der Waals surface area contributed by atoms with E-state index in [1.807, 2.05) is 0 Å². The summed E-state index contributed by atoms with van der Waals surface area (Å²) in [6, 6.07) is 4.17. The van der Waals surface area contributed by atoms with Gasteiger partial charge in [0.15, 0.2) is 5.78 Å². The lowest BCUT2D eigenvalue weighted by molar-refractivity contribution is -0.137. The van der Waals surface area contributed by atoms with Gasteiger partial charge in [-0.2, -0.15) is 13.2 Å². The third-order valence-corrected chi connectivity index (χ3v) is 2.35. The molecule has 2 nitrogen and oxygen atoms in total. The number of unbranched alkanes of at least 4 members (excludes halogenated alkanes) is 1. The summed E-state index contributed by atoms with van der Waals surface area (Å²) in [6.07, 6.45) is -3.08. The van der Waals surface area contributed by atoms with Crippen LogP contribution in [0.15, 0.2) is 24.3 Å². The van der Waals surface area contributed by atoms with Gasteiger partial charge in [-0.3, -0.25) is 4.79 Å². The number of aliphatic hydroxyl groups excluding tert-OH is 1. The molecule has 0 aromatic heterocycles. The molecule has 0 bridgehead atoms. The summed E-state index contributed by atoms with van der Waals surface area (Å²) in [4.78, 5) is 11.5. The molecule has 17 heavy (non-hydrogen) atoms. The Labute approximate surface area is 97.1 Å². The topological polar surface area (TPSA) is 37.3 Å². The summed E-state index contributed by atoms with van der Waals surface area (Å²) in [6.45, 7) is 0.0142. The molecule has 0 heterocycles. The van der Waals surface area contributed by atoms with E-state index in [2.05, 4.69) is 0 Å². The van der Waals surface area contributed by atoms with Crippen LogP contribution in [0.25, 0.3) is 0 Å². The van der Waals surface area contributed by atoms with Crippen LogP contribution in [0.2, 0.25) is 0 Å². The van der Waals surface area contributed by atoms with E-state index >= 15 is 0 Å². The zero-order valence-electron chi connectivity index (χ0n) is 9.13. The number of rotatable bonds is 5. The molecule has 0 saturated carbocycles. The van der Waals surface area contributed by atoms with Gasteiger partial charge in [-0.05, 0) is 25.0 Å². The van der Waals surface area contributed by atoms with Crippen molar-refractivity contribution in [1.82, 2.24) is 0 Å². The fraction of sp³-hybridized carbons (Fsp3) is 0.417. The van der Waals surface area contributed by atoms with Gasteiger partial charge in [-0.25, -0.2) is 0 Å². The number of hydrogen-bond donors (Lipinski definition) is 1. The van der Waals surface area contributed by atoms with Crippen LogP contribution in [0.4, 0.5) is 13.2 Å². The molecule has 5 heteroatoms. The van der Waals surface area contributed by atoms with Gasteiger partial charge in [0.25, 0.3) is 0 Å². The molecule has 1 aromatic rings. The molecule has 0 aliphatic heterocycles. The van der Waals surface area contributed by atoms with Crippen molar-refractivity contribution in [1.29, 1.82) is 0 Å². The van der Waals surface area contributed by atoms with E-state index in [9.17, 15) is 18.0 Å². The lowest BCUT2D eigenvalue weighted by atomic mass is 10.0. The third-order valence-electron chi connectivity index (χ3n) is 2.35. The summed E-state index contributed by atoms with van der Waals surface area (Å²) in [5, 5.41) is 8.54. The zero-order valence-corrected chi connectivity index (χ0v) is 9.13. The molecule has 0 amide bonds. The summed E-state index contributed by atoms with van der Waals surface area (Å²) in [7, 11) is 0. The zero-order chi connectivity index (χ0) is 12.9. The second-order valence-electron chi connectivity index (χ2n) is 3.68. The second-order valence-corrected chi connectivity index (χ2v) is 3.68. The van der Waals surface area contributed by atoms with Crippen LogP contribution >= 0.6 is 0 Å². The Morgan fingerprint density at radius 2 is 1.71 bits per heavy atom. The molecule has 94 valence electrons. The standard InChI is InChI=1S/C12H13F3O2/c13-12(14,15)10-6-4-9(5-7-10)11(17)3-1-2-8-16/h4-7,16H,1-3,8H2. The van der Waals surface area contributed by atoms with E-state index in [-0.39, 0.29) is 24.4 Å². The highest BCUT2D eigenvalue weighted by molar-refractivity contribution is 5.96. The van der Waals surface area contributed by atoms with E-state index in [4.69, 9.17) is 5.11 Å². The normalized spacial score (nSPS) is 11.5. The Bertz CT molecular complexity index is 368. The molecule has 0 spiro atoms. The maximum atomic E-state index is 12.3. The Morgan fingerprint density at radius 3 is 2.18 bits per heavy atom. The minimum absolute atomic E-state index is 0.0142. The molecule has 1 N–H and O–H groups in total. The van der Waals surface area contributed by atoms with Crippen molar-refractivity contribution < 1.29 is 23.1 Å². The minimum atomic E-state index is -4.38. The van der Waals surface area contributed by atoms with E-state index < -0.39 is 11.7 Å². The predicted octanol–water partition coefficient (Wildman–Crippen LogP) is 3.05. The van der Waals surface area contributed by atoms with Crippen molar-refractivity contribution in [2.75, 3.05) is 6.61 Å². The molecule has 1 aromatic carbocycles. The van der Waals surface area contributed by atoms with Crippen LogP contribution in [0, 0.1) is 0 Å². The first-order chi connectivity index (χ1) is 7.95. The van der Waals surface area contributed by atoms with Crippen LogP contribution in [-0.4, -0.2) is 17.5 Å². The third kappa shape index (κ3) is 4.19. The average molecular weight is 246 g/mol. The highest BCUT2D eigenvalue weighted by Gasteiger charge is 2.30. The first-order valence-corrected chi connectivity index (χ1v) is 5.26. The van der Waals surface area contributed by atoms with Crippen molar-refractivity contribution >= 4 is 5.78 Å². The van der Waals surface area contributed by atoms with Gasteiger partial charge in [-0.1, -0.05) is 12.1 Å². The number of ketones is 1. The number of alkyl halides is 3.